The molecule has 0 bridgehead atoms. The molecule has 0 spiro atoms. The summed E-state index contributed by atoms with van der Waals surface area (Å²) in [5, 5.41) is 27.1. The second-order valence-electron chi connectivity index (χ2n) is 8.46. The fourth-order valence-electron chi connectivity index (χ4n) is 3.74. The van der Waals surface area contributed by atoms with Crippen LogP contribution in [-0.4, -0.2) is 36.6 Å². The molecule has 0 atom stereocenters. The lowest BCUT2D eigenvalue weighted by Crippen LogP contribution is -2.18. The number of benzene rings is 2. The highest BCUT2D eigenvalue weighted by atomic mass is 16.5. The lowest BCUT2D eigenvalue weighted by molar-refractivity contribution is 0.123. The molecule has 4 rings (SSSR count). The Hall–Kier alpha value is -3.91. The van der Waals surface area contributed by atoms with E-state index in [9.17, 15) is 15.0 Å². The molecule has 0 aliphatic carbocycles. The van der Waals surface area contributed by atoms with Crippen molar-refractivity contribution in [2.45, 2.75) is 39.3 Å². The first kappa shape index (κ1) is 23.3. The Labute approximate surface area is 197 Å². The van der Waals surface area contributed by atoms with Crippen LogP contribution in [0.5, 0.6) is 11.5 Å². The van der Waals surface area contributed by atoms with Gasteiger partial charge in [0, 0.05) is 24.4 Å². The summed E-state index contributed by atoms with van der Waals surface area (Å²) >= 11 is 0. The molecule has 0 saturated heterocycles. The quantitative estimate of drug-likeness (QED) is 0.326. The van der Waals surface area contributed by atoms with Gasteiger partial charge in [0.15, 0.2) is 5.82 Å². The lowest BCUT2D eigenvalue weighted by Gasteiger charge is -2.13. The van der Waals surface area contributed by atoms with E-state index >= 15 is 0 Å². The summed E-state index contributed by atoms with van der Waals surface area (Å²) in [6.45, 7) is 5.24. The first-order valence-electron chi connectivity index (χ1n) is 11.2. The number of aromatic nitrogens is 4. The molecule has 176 valence electrons. The van der Waals surface area contributed by atoms with Gasteiger partial charge >= 0.3 is 5.69 Å². The van der Waals surface area contributed by atoms with E-state index in [4.69, 9.17) is 4.74 Å². The van der Waals surface area contributed by atoms with Gasteiger partial charge in [-0.2, -0.15) is 5.10 Å². The Kier molecular flexibility index (Phi) is 7.08. The molecule has 0 aliphatic heterocycles. The monoisotopic (exact) mass is 460 g/mol. The van der Waals surface area contributed by atoms with E-state index in [1.54, 1.807) is 12.3 Å². The van der Waals surface area contributed by atoms with Gasteiger partial charge in [-0.25, -0.2) is 9.89 Å². The highest BCUT2D eigenvalue weighted by Crippen LogP contribution is 2.36. The Morgan fingerprint density at radius 1 is 1.03 bits per heavy atom. The van der Waals surface area contributed by atoms with E-state index in [1.807, 2.05) is 56.3 Å². The van der Waals surface area contributed by atoms with Gasteiger partial charge in [0.2, 0.25) is 0 Å². The third kappa shape index (κ3) is 5.35. The third-order valence-electron chi connectivity index (χ3n) is 5.63. The number of phenols is 2. The van der Waals surface area contributed by atoms with Crippen LogP contribution >= 0.6 is 0 Å². The van der Waals surface area contributed by atoms with Crippen molar-refractivity contribution in [3.63, 3.8) is 0 Å². The van der Waals surface area contributed by atoms with Gasteiger partial charge < -0.3 is 14.9 Å². The average Bonchev–Trinajstić information content (AvgIpc) is 3.18. The molecule has 0 unspecified atom stereocenters. The minimum absolute atomic E-state index is 0.0125. The molecule has 2 heterocycles. The van der Waals surface area contributed by atoms with Crippen LogP contribution in [0, 0.1) is 0 Å². The highest BCUT2D eigenvalue weighted by molar-refractivity contribution is 5.67. The van der Waals surface area contributed by atoms with Crippen molar-refractivity contribution in [3.05, 3.63) is 93.7 Å². The molecule has 3 N–H and O–H groups in total. The standard InChI is InChI=1S/C26H28N4O4/c1-17(2)21-13-22(24(32)14-23(21)31)25-28-29-26(33)30(25)15-18-6-8-19(9-7-18)16-34-12-10-20-5-3-4-11-27-20/h3-9,11,13-14,17,31-32H,10,12,15-16H2,1-2H3,(H,29,33). The minimum Gasteiger partial charge on any atom is -0.508 e. The van der Waals surface area contributed by atoms with Gasteiger partial charge in [0.05, 0.1) is 25.3 Å². The van der Waals surface area contributed by atoms with E-state index in [0.717, 1.165) is 23.2 Å². The van der Waals surface area contributed by atoms with Crippen LogP contribution in [0.15, 0.2) is 65.6 Å². The van der Waals surface area contributed by atoms with Crippen LogP contribution in [0.25, 0.3) is 11.4 Å². The average molecular weight is 461 g/mol. The van der Waals surface area contributed by atoms with Crippen LogP contribution in [0.1, 0.15) is 42.1 Å². The number of nitrogens with zero attached hydrogens (tertiary/aromatic N) is 3. The number of aromatic amines is 1. The van der Waals surface area contributed by atoms with Gasteiger partial charge in [0.25, 0.3) is 0 Å². The van der Waals surface area contributed by atoms with Crippen molar-refractivity contribution in [1.82, 2.24) is 19.7 Å². The second kappa shape index (κ2) is 10.4. The predicted molar refractivity (Wildman–Crippen MR) is 129 cm³/mol. The van der Waals surface area contributed by atoms with Gasteiger partial charge in [-0.15, -0.1) is 0 Å². The molecule has 0 saturated carbocycles. The van der Waals surface area contributed by atoms with Gasteiger partial charge in [-0.05, 0) is 40.8 Å². The summed E-state index contributed by atoms with van der Waals surface area (Å²) in [5.74, 6) is 0.224. The van der Waals surface area contributed by atoms with E-state index < -0.39 is 0 Å². The number of hydrogen-bond acceptors (Lipinski definition) is 6. The van der Waals surface area contributed by atoms with E-state index in [0.29, 0.717) is 30.2 Å². The van der Waals surface area contributed by atoms with Gasteiger partial charge in [-0.1, -0.05) is 44.2 Å². The van der Waals surface area contributed by atoms with Crippen LogP contribution in [0.3, 0.4) is 0 Å². The molecule has 8 heteroatoms. The Bertz CT molecular complexity index is 1290. The normalized spacial score (nSPS) is 11.3. The largest absolute Gasteiger partial charge is 0.508 e. The highest BCUT2D eigenvalue weighted by Gasteiger charge is 2.18. The predicted octanol–water partition coefficient (Wildman–Crippen LogP) is 3.98. The van der Waals surface area contributed by atoms with Crippen molar-refractivity contribution in [2.24, 2.45) is 0 Å². The van der Waals surface area contributed by atoms with Crippen LogP contribution in [0.4, 0.5) is 0 Å². The van der Waals surface area contributed by atoms with Crippen LogP contribution < -0.4 is 5.69 Å². The number of phenolic OH excluding ortho intramolecular Hbond substituents is 2. The van der Waals surface area contributed by atoms with Crippen molar-refractivity contribution in [1.29, 1.82) is 0 Å². The van der Waals surface area contributed by atoms with Crippen LogP contribution in [0.2, 0.25) is 0 Å². The van der Waals surface area contributed by atoms with Crippen molar-refractivity contribution >= 4 is 0 Å². The SMILES string of the molecule is CC(C)c1cc(-c2n[nH]c(=O)n2Cc2ccc(COCCc3ccccn3)cc2)c(O)cc1O. The van der Waals surface area contributed by atoms with E-state index in [1.165, 1.54) is 10.6 Å². The van der Waals surface area contributed by atoms with Gasteiger partial charge in [0.1, 0.15) is 11.5 Å². The summed E-state index contributed by atoms with van der Waals surface area (Å²) in [5.41, 5.74) is 3.61. The zero-order valence-electron chi connectivity index (χ0n) is 19.2. The summed E-state index contributed by atoms with van der Waals surface area (Å²) < 4.78 is 7.23. The second-order valence-corrected chi connectivity index (χ2v) is 8.46. The molecule has 0 amide bonds. The third-order valence-corrected chi connectivity index (χ3v) is 5.63. The number of hydrogen-bond donors (Lipinski definition) is 3. The van der Waals surface area contributed by atoms with E-state index in [2.05, 4.69) is 15.2 Å². The maximum atomic E-state index is 12.5. The molecule has 4 aromatic rings. The number of pyridine rings is 1. The topological polar surface area (TPSA) is 113 Å². The number of H-pyrrole nitrogens is 1. The lowest BCUT2D eigenvalue weighted by atomic mass is 9.98. The molecule has 2 aromatic carbocycles. The minimum atomic E-state index is -0.379. The van der Waals surface area contributed by atoms with Crippen molar-refractivity contribution in [3.8, 4) is 22.9 Å². The maximum absolute atomic E-state index is 12.5. The zero-order chi connectivity index (χ0) is 24.1. The summed E-state index contributed by atoms with van der Waals surface area (Å²) in [6, 6.07) is 16.6. The van der Waals surface area contributed by atoms with Crippen molar-refractivity contribution < 1.29 is 14.9 Å². The fourth-order valence-corrected chi connectivity index (χ4v) is 3.74. The van der Waals surface area contributed by atoms with Crippen molar-refractivity contribution in [2.75, 3.05) is 6.61 Å². The first-order valence-corrected chi connectivity index (χ1v) is 11.2. The molecule has 0 fully saturated rings. The Morgan fingerprint density at radius 3 is 2.50 bits per heavy atom. The smallest absolute Gasteiger partial charge is 0.343 e. The van der Waals surface area contributed by atoms with E-state index in [-0.39, 0.29) is 29.7 Å². The number of nitrogens with one attached hydrogen (secondary N) is 1. The molecule has 0 radical (unpaired) electrons. The molecular formula is C26H28N4O4. The molecule has 8 nitrogen and oxygen atoms in total. The summed E-state index contributed by atoms with van der Waals surface area (Å²) in [6.07, 6.45) is 2.53. The zero-order valence-corrected chi connectivity index (χ0v) is 19.2. The summed E-state index contributed by atoms with van der Waals surface area (Å²) in [4.78, 5) is 16.7. The maximum Gasteiger partial charge on any atom is 0.343 e. The number of ether oxygens (including phenoxy) is 1. The molecular weight excluding hydrogens is 432 g/mol. The Balaban J connectivity index is 1.44. The first-order chi connectivity index (χ1) is 16.4. The molecule has 34 heavy (non-hydrogen) atoms. The Morgan fingerprint density at radius 2 is 1.79 bits per heavy atom. The fraction of sp³-hybridized carbons (Fsp3) is 0.269. The van der Waals surface area contributed by atoms with Gasteiger partial charge in [-0.3, -0.25) is 9.55 Å². The van der Waals surface area contributed by atoms with Crippen LogP contribution in [-0.2, 0) is 24.3 Å². The summed E-state index contributed by atoms with van der Waals surface area (Å²) in [7, 11) is 0. The molecule has 0 aliphatic rings. The molecule has 2 aromatic heterocycles. The number of rotatable bonds is 9. The number of aromatic hydroxyl groups is 2.